The van der Waals surface area contributed by atoms with Crippen molar-refractivity contribution in [3.8, 4) is 11.5 Å². The van der Waals surface area contributed by atoms with Crippen LogP contribution in [0.5, 0.6) is 0 Å². The van der Waals surface area contributed by atoms with Gasteiger partial charge in [-0.1, -0.05) is 12.1 Å². The lowest BCUT2D eigenvalue weighted by molar-refractivity contribution is 0.321. The molecule has 1 aliphatic rings. The first-order chi connectivity index (χ1) is 14.2. The average molecular weight is 423 g/mol. The molecule has 0 atom stereocenters. The van der Waals surface area contributed by atoms with Crippen LogP contribution in [0, 0.1) is 26.8 Å². The van der Waals surface area contributed by atoms with Crippen molar-refractivity contribution in [3.63, 3.8) is 0 Å². The molecule has 1 N–H and O–H groups in total. The molecule has 1 aliphatic heterocycles. The maximum Gasteiger partial charge on any atom is 0.160 e. The van der Waals surface area contributed by atoms with E-state index in [1.165, 1.54) is 9.88 Å². The second-order valence-electron chi connectivity index (χ2n) is 7.13. The number of aryl methyl sites for hydroxylation is 2. The van der Waals surface area contributed by atoms with Crippen LogP contribution in [-0.4, -0.2) is 51.0 Å². The summed E-state index contributed by atoms with van der Waals surface area (Å²) >= 11 is 3.44. The van der Waals surface area contributed by atoms with Gasteiger partial charge >= 0.3 is 0 Å². The second kappa shape index (κ2) is 7.85. The number of hydrogen-bond donors (Lipinski definition) is 1. The third-order valence-corrected chi connectivity index (χ3v) is 7.06. The number of nitrogens with one attached hydrogen (secondary N) is 1. The zero-order chi connectivity index (χ0) is 19.8. The Kier molecular flexibility index (Phi) is 5.07. The van der Waals surface area contributed by atoms with E-state index in [0.29, 0.717) is 0 Å². The first kappa shape index (κ1) is 18.7. The van der Waals surface area contributed by atoms with E-state index in [2.05, 4.69) is 57.6 Å². The van der Waals surface area contributed by atoms with Crippen LogP contribution in [0.2, 0.25) is 0 Å². The monoisotopic (exact) mass is 422 g/mol. The molecule has 0 unspecified atom stereocenters. The van der Waals surface area contributed by atoms with Crippen molar-refractivity contribution in [2.45, 2.75) is 13.8 Å². The lowest BCUT2D eigenvalue weighted by Gasteiger charge is -2.35. The molecular formula is C21H22N6S2. The minimum Gasteiger partial charge on any atom is -0.359 e. The van der Waals surface area contributed by atoms with Crippen molar-refractivity contribution in [2.75, 3.05) is 31.1 Å². The van der Waals surface area contributed by atoms with E-state index in [4.69, 9.17) is 4.98 Å². The smallest absolute Gasteiger partial charge is 0.160 e. The molecule has 0 saturated carbocycles. The number of hydrogen-bond acceptors (Lipinski definition) is 7. The van der Waals surface area contributed by atoms with E-state index in [0.717, 1.165) is 59.4 Å². The maximum atomic E-state index is 4.73. The average Bonchev–Trinajstić information content (AvgIpc) is 3.44. The number of aromatic nitrogens is 4. The Morgan fingerprint density at radius 1 is 1.07 bits per heavy atom. The molecule has 5 rings (SSSR count). The summed E-state index contributed by atoms with van der Waals surface area (Å²) in [6, 6.07) is 8.11. The van der Waals surface area contributed by atoms with Crippen molar-refractivity contribution < 1.29 is 0 Å². The number of nitrogens with zero attached hydrogens (tertiary/aromatic N) is 5. The summed E-state index contributed by atoms with van der Waals surface area (Å²) in [5.41, 5.74) is 6.00. The predicted octanol–water partition coefficient (Wildman–Crippen LogP) is 4.30. The van der Waals surface area contributed by atoms with E-state index in [1.54, 1.807) is 22.7 Å². The summed E-state index contributed by atoms with van der Waals surface area (Å²) in [5, 5.41) is 2.32. The van der Waals surface area contributed by atoms with Crippen LogP contribution in [-0.2, 0) is 0 Å². The minimum atomic E-state index is 0.848. The Bertz CT molecular complexity index is 1090. The lowest BCUT2D eigenvalue weighted by Crippen LogP contribution is -2.45. The number of H-pyrrole nitrogens is 1. The van der Waals surface area contributed by atoms with Crippen molar-refractivity contribution in [2.24, 2.45) is 0 Å². The number of piperazine rings is 1. The first-order valence-corrected chi connectivity index (χ1v) is 11.4. The third-order valence-electron chi connectivity index (χ3n) is 5.14. The number of thiazole rings is 2. The summed E-state index contributed by atoms with van der Waals surface area (Å²) in [7, 11) is 0. The Hall–Kier alpha value is -2.29. The SMILES string of the molecule is Cc1nc(C)c([CH][CH]N2CCN(c3scnc3-c3nc4ccccc4[nH]3)CC2)s1. The van der Waals surface area contributed by atoms with Gasteiger partial charge < -0.3 is 9.88 Å². The van der Waals surface area contributed by atoms with E-state index in [9.17, 15) is 0 Å². The van der Waals surface area contributed by atoms with Gasteiger partial charge in [0, 0.05) is 44.0 Å². The van der Waals surface area contributed by atoms with E-state index >= 15 is 0 Å². The fourth-order valence-corrected chi connectivity index (χ4v) is 5.31. The van der Waals surface area contributed by atoms with Gasteiger partial charge in [0.1, 0.15) is 10.7 Å². The molecule has 4 aromatic rings. The minimum absolute atomic E-state index is 0.848. The zero-order valence-corrected chi connectivity index (χ0v) is 18.1. The second-order valence-corrected chi connectivity index (χ2v) is 9.20. The molecule has 6 nitrogen and oxygen atoms in total. The quantitative estimate of drug-likeness (QED) is 0.520. The molecule has 2 radical (unpaired) electrons. The molecule has 0 bridgehead atoms. The standard InChI is InChI=1S/C21H22N6S2/c1-14-18(29-15(2)23-14)7-8-26-9-11-27(12-10-26)21-19(22-13-28-21)20-24-16-5-3-4-6-17(16)25-20/h3-8,13H,9-12H2,1-2H3,(H,24,25). The van der Waals surface area contributed by atoms with Crippen LogP contribution < -0.4 is 4.90 Å². The predicted molar refractivity (Wildman–Crippen MR) is 120 cm³/mol. The number of anilines is 1. The van der Waals surface area contributed by atoms with Crippen LogP contribution in [0.3, 0.4) is 0 Å². The van der Waals surface area contributed by atoms with Crippen molar-refractivity contribution in [1.82, 2.24) is 24.8 Å². The number of aromatic amines is 1. The summed E-state index contributed by atoms with van der Waals surface area (Å²) in [6.45, 7) is 10.3. The van der Waals surface area contributed by atoms with Crippen LogP contribution in [0.1, 0.15) is 15.6 Å². The molecule has 0 aliphatic carbocycles. The molecule has 148 valence electrons. The van der Waals surface area contributed by atoms with Gasteiger partial charge in [-0.2, -0.15) is 0 Å². The molecule has 4 heterocycles. The Labute approximate surface area is 178 Å². The first-order valence-electron chi connectivity index (χ1n) is 9.67. The Balaban J connectivity index is 1.25. The summed E-state index contributed by atoms with van der Waals surface area (Å²) in [6.07, 6.45) is 2.20. The van der Waals surface area contributed by atoms with E-state index < -0.39 is 0 Å². The number of benzene rings is 1. The van der Waals surface area contributed by atoms with Gasteiger partial charge in [0.25, 0.3) is 0 Å². The zero-order valence-electron chi connectivity index (χ0n) is 16.4. The lowest BCUT2D eigenvalue weighted by atomic mass is 10.2. The number of para-hydroxylation sites is 2. The van der Waals surface area contributed by atoms with E-state index in [-0.39, 0.29) is 0 Å². The molecule has 1 fully saturated rings. The van der Waals surface area contributed by atoms with Crippen molar-refractivity contribution in [1.29, 1.82) is 0 Å². The number of fused-ring (bicyclic) bond motifs is 1. The highest BCUT2D eigenvalue weighted by Crippen LogP contribution is 2.34. The van der Waals surface area contributed by atoms with E-state index in [1.807, 2.05) is 23.7 Å². The molecule has 0 spiro atoms. The van der Waals surface area contributed by atoms with Crippen LogP contribution in [0.4, 0.5) is 5.00 Å². The van der Waals surface area contributed by atoms with Gasteiger partial charge in [0.2, 0.25) is 0 Å². The van der Waals surface area contributed by atoms with Gasteiger partial charge in [-0.15, -0.1) is 22.7 Å². The van der Waals surface area contributed by atoms with Gasteiger partial charge in [-0.05, 0) is 26.0 Å². The van der Waals surface area contributed by atoms with Gasteiger partial charge in [-0.3, -0.25) is 4.90 Å². The number of imidazole rings is 1. The third kappa shape index (κ3) is 3.80. The van der Waals surface area contributed by atoms with Gasteiger partial charge in [0.15, 0.2) is 5.82 Å². The van der Waals surface area contributed by atoms with Crippen molar-refractivity contribution in [3.05, 3.63) is 58.3 Å². The highest BCUT2D eigenvalue weighted by molar-refractivity contribution is 7.14. The normalized spacial score (nSPS) is 15.4. The topological polar surface area (TPSA) is 60.9 Å². The molecule has 29 heavy (non-hydrogen) atoms. The molecule has 1 saturated heterocycles. The highest BCUT2D eigenvalue weighted by atomic mass is 32.1. The molecule has 8 heteroatoms. The Morgan fingerprint density at radius 3 is 2.66 bits per heavy atom. The number of rotatable bonds is 5. The fourth-order valence-electron chi connectivity index (χ4n) is 3.64. The van der Waals surface area contributed by atoms with Crippen molar-refractivity contribution >= 4 is 38.7 Å². The highest BCUT2D eigenvalue weighted by Gasteiger charge is 2.23. The molecular weight excluding hydrogens is 400 g/mol. The molecule has 0 amide bonds. The largest absolute Gasteiger partial charge is 0.359 e. The maximum absolute atomic E-state index is 4.73. The van der Waals surface area contributed by atoms with Gasteiger partial charge in [-0.25, -0.2) is 15.0 Å². The fraction of sp³-hybridized carbons (Fsp3) is 0.286. The summed E-state index contributed by atoms with van der Waals surface area (Å²) in [5.74, 6) is 0.848. The Morgan fingerprint density at radius 2 is 1.90 bits per heavy atom. The summed E-state index contributed by atoms with van der Waals surface area (Å²) < 4.78 is 0. The van der Waals surface area contributed by atoms with Crippen LogP contribution in [0.25, 0.3) is 22.6 Å². The van der Waals surface area contributed by atoms with Crippen LogP contribution >= 0.6 is 22.7 Å². The summed E-state index contributed by atoms with van der Waals surface area (Å²) in [4.78, 5) is 23.3. The van der Waals surface area contributed by atoms with Gasteiger partial charge in [0.05, 0.1) is 27.2 Å². The molecule has 1 aromatic carbocycles. The molecule has 3 aromatic heterocycles. The van der Waals surface area contributed by atoms with Crippen LogP contribution in [0.15, 0.2) is 29.8 Å².